The van der Waals surface area contributed by atoms with Crippen molar-refractivity contribution >= 4 is 27.5 Å². The molecule has 0 aliphatic rings. The Kier molecular flexibility index (Phi) is 6.47. The van der Waals surface area contributed by atoms with Crippen LogP contribution in [0.2, 0.25) is 0 Å². The summed E-state index contributed by atoms with van der Waals surface area (Å²) in [7, 11) is 0. The van der Waals surface area contributed by atoms with Crippen LogP contribution in [0.1, 0.15) is 29.2 Å². The lowest BCUT2D eigenvalue weighted by atomic mass is 10.3. The molecule has 0 saturated heterocycles. The Hall–Kier alpha value is -2.44. The van der Waals surface area contributed by atoms with Gasteiger partial charge in [-0.3, -0.25) is 24.3 Å². The van der Waals surface area contributed by atoms with Crippen LogP contribution in [0, 0.1) is 30.9 Å². The van der Waals surface area contributed by atoms with E-state index in [1.54, 1.807) is 4.68 Å². The second-order valence-corrected chi connectivity index (χ2v) is 6.90. The number of carbonyl (C=O) groups is 1. The molecule has 0 saturated carbocycles. The van der Waals surface area contributed by atoms with Gasteiger partial charge < -0.3 is 5.32 Å². The van der Waals surface area contributed by atoms with Crippen LogP contribution in [0.25, 0.3) is 0 Å². The third kappa shape index (κ3) is 4.69. The van der Waals surface area contributed by atoms with E-state index in [1.807, 2.05) is 13.8 Å². The molecule has 2 aromatic heterocycles. The van der Waals surface area contributed by atoms with Gasteiger partial charge in [-0.2, -0.15) is 23.4 Å². The quantitative estimate of drug-likeness (QED) is 0.383. The molecule has 28 heavy (non-hydrogen) atoms. The number of nitrogens with one attached hydrogen (secondary N) is 1. The number of hydrogen-bond acceptors (Lipinski definition) is 5. The average Bonchev–Trinajstić information content (AvgIpc) is 3.04. The first-order chi connectivity index (χ1) is 12.9. The van der Waals surface area contributed by atoms with E-state index >= 15 is 0 Å². The van der Waals surface area contributed by atoms with Crippen molar-refractivity contribution in [1.82, 2.24) is 24.9 Å². The number of rotatable bonds is 7. The Morgan fingerprint density at radius 1 is 1.21 bits per heavy atom. The van der Waals surface area contributed by atoms with E-state index in [-0.39, 0.29) is 12.2 Å². The van der Waals surface area contributed by atoms with Crippen molar-refractivity contribution in [3.05, 3.63) is 37.4 Å². The van der Waals surface area contributed by atoms with Crippen molar-refractivity contribution in [3.8, 4) is 0 Å². The number of nitro groups is 1. The minimum atomic E-state index is -4.98. The van der Waals surface area contributed by atoms with E-state index in [0.717, 1.165) is 22.8 Å². The number of carbonyl (C=O) groups excluding carboxylic acids is 1. The van der Waals surface area contributed by atoms with Crippen LogP contribution in [0.3, 0.4) is 0 Å². The molecule has 0 aliphatic heterocycles. The summed E-state index contributed by atoms with van der Waals surface area (Å²) < 4.78 is 42.1. The fraction of sp³-hybridized carbons (Fsp3) is 0.533. The van der Waals surface area contributed by atoms with E-state index in [2.05, 4.69) is 31.4 Å². The van der Waals surface area contributed by atoms with Gasteiger partial charge in [0.1, 0.15) is 12.2 Å². The molecule has 0 fully saturated rings. The summed E-state index contributed by atoms with van der Waals surface area (Å²) in [5.74, 6) is -0.594. The van der Waals surface area contributed by atoms with Gasteiger partial charge in [0.25, 0.3) is 0 Å². The van der Waals surface area contributed by atoms with Gasteiger partial charge in [-0.05, 0) is 43.1 Å². The lowest BCUT2D eigenvalue weighted by molar-refractivity contribution is -0.388. The van der Waals surface area contributed by atoms with E-state index in [1.165, 1.54) is 0 Å². The summed E-state index contributed by atoms with van der Waals surface area (Å²) in [6.07, 6.45) is -4.44. The molecule has 2 aromatic rings. The fourth-order valence-corrected chi connectivity index (χ4v) is 2.93. The second-order valence-electron chi connectivity index (χ2n) is 6.11. The highest BCUT2D eigenvalue weighted by Gasteiger charge is 2.44. The minimum absolute atomic E-state index is 0.267. The monoisotopic (exact) mass is 466 g/mol. The van der Waals surface area contributed by atoms with Crippen molar-refractivity contribution < 1.29 is 22.9 Å². The van der Waals surface area contributed by atoms with E-state index in [4.69, 9.17) is 0 Å². The molecule has 1 amide bonds. The molecule has 0 spiro atoms. The summed E-state index contributed by atoms with van der Waals surface area (Å²) in [5, 5.41) is 21.0. The number of aromatic nitrogens is 4. The first kappa shape index (κ1) is 21.9. The highest BCUT2D eigenvalue weighted by atomic mass is 79.9. The van der Waals surface area contributed by atoms with Crippen LogP contribution in [-0.4, -0.2) is 36.9 Å². The third-order valence-corrected chi connectivity index (χ3v) is 5.23. The van der Waals surface area contributed by atoms with Gasteiger partial charge in [-0.15, -0.1) is 0 Å². The maximum absolute atomic E-state index is 12.9. The summed E-state index contributed by atoms with van der Waals surface area (Å²) in [4.78, 5) is 21.8. The Morgan fingerprint density at radius 2 is 1.86 bits per heavy atom. The number of hydrogen-bond donors (Lipinski definition) is 1. The van der Waals surface area contributed by atoms with Crippen molar-refractivity contribution in [2.45, 2.75) is 46.5 Å². The first-order valence-electron chi connectivity index (χ1n) is 8.18. The van der Waals surface area contributed by atoms with E-state index < -0.39 is 34.9 Å². The van der Waals surface area contributed by atoms with Gasteiger partial charge >= 0.3 is 11.9 Å². The molecule has 0 aromatic carbocycles. The molecule has 0 radical (unpaired) electrons. The summed E-state index contributed by atoms with van der Waals surface area (Å²) >= 11 is 3.42. The number of alkyl halides is 3. The van der Waals surface area contributed by atoms with Gasteiger partial charge in [-0.1, -0.05) is 0 Å². The number of aryl methyl sites for hydroxylation is 2. The topological polar surface area (TPSA) is 108 Å². The zero-order valence-corrected chi connectivity index (χ0v) is 16.9. The average molecular weight is 467 g/mol. The molecule has 9 nitrogen and oxygen atoms in total. The van der Waals surface area contributed by atoms with Crippen molar-refractivity contribution in [2.24, 2.45) is 0 Å². The van der Waals surface area contributed by atoms with Gasteiger partial charge in [0, 0.05) is 18.8 Å². The predicted octanol–water partition coefficient (Wildman–Crippen LogP) is 2.90. The molecular weight excluding hydrogens is 449 g/mol. The molecule has 13 heteroatoms. The summed E-state index contributed by atoms with van der Waals surface area (Å²) in [5.41, 5.74) is -1.30. The maximum atomic E-state index is 12.9. The number of amides is 1. The van der Waals surface area contributed by atoms with Crippen molar-refractivity contribution in [3.63, 3.8) is 0 Å². The van der Waals surface area contributed by atoms with Gasteiger partial charge in [0.15, 0.2) is 0 Å². The molecule has 2 heterocycles. The lowest BCUT2D eigenvalue weighted by Crippen LogP contribution is -2.30. The normalized spacial score (nSPS) is 11.7. The second kappa shape index (κ2) is 8.29. The predicted molar refractivity (Wildman–Crippen MR) is 95.6 cm³/mol. The molecule has 154 valence electrons. The van der Waals surface area contributed by atoms with Crippen LogP contribution in [-0.2, 0) is 24.1 Å². The van der Waals surface area contributed by atoms with Gasteiger partial charge in [0.2, 0.25) is 11.6 Å². The van der Waals surface area contributed by atoms with Gasteiger partial charge in [0.05, 0.1) is 15.1 Å². The minimum Gasteiger partial charge on any atom is -0.354 e. The van der Waals surface area contributed by atoms with Crippen LogP contribution in [0.5, 0.6) is 0 Å². The lowest BCUT2D eigenvalue weighted by Gasteiger charge is -2.07. The standard InChI is InChI=1S/C15H18BrF3N6O3/c1-8-12(16)9(2)23(21-8)6-4-5-20-11(26)7-24-10(3)13(25(27)28)14(22-24)15(17,18)19/h4-7H2,1-3H3,(H,20,26). The first-order valence-corrected chi connectivity index (χ1v) is 8.98. The largest absolute Gasteiger partial charge is 0.442 e. The zero-order chi connectivity index (χ0) is 21.2. The molecule has 0 atom stereocenters. The Balaban J connectivity index is 1.96. The number of nitrogens with zero attached hydrogens (tertiary/aromatic N) is 5. The molecule has 2 rings (SSSR count). The van der Waals surface area contributed by atoms with E-state index in [0.29, 0.717) is 17.6 Å². The van der Waals surface area contributed by atoms with Crippen LogP contribution in [0.4, 0.5) is 18.9 Å². The Bertz CT molecular complexity index is 906. The van der Waals surface area contributed by atoms with Crippen LogP contribution in [0.15, 0.2) is 4.47 Å². The third-order valence-electron chi connectivity index (χ3n) is 4.08. The summed E-state index contributed by atoms with van der Waals surface area (Å²) in [6, 6.07) is 0. The van der Waals surface area contributed by atoms with E-state index in [9.17, 15) is 28.1 Å². The highest BCUT2D eigenvalue weighted by Crippen LogP contribution is 2.36. The molecular formula is C15H18BrF3N6O3. The molecule has 0 unspecified atom stereocenters. The highest BCUT2D eigenvalue weighted by molar-refractivity contribution is 9.10. The maximum Gasteiger partial charge on any atom is 0.442 e. The van der Waals surface area contributed by atoms with Crippen LogP contribution >= 0.6 is 15.9 Å². The molecule has 1 N–H and O–H groups in total. The van der Waals surface area contributed by atoms with Gasteiger partial charge in [-0.25, -0.2) is 0 Å². The summed E-state index contributed by atoms with van der Waals surface area (Å²) in [6.45, 7) is 5.14. The Morgan fingerprint density at radius 3 is 2.32 bits per heavy atom. The van der Waals surface area contributed by atoms with Crippen LogP contribution < -0.4 is 5.32 Å². The van der Waals surface area contributed by atoms with Crippen molar-refractivity contribution in [1.29, 1.82) is 0 Å². The fourth-order valence-electron chi connectivity index (χ4n) is 2.64. The SMILES string of the molecule is Cc1nn(CCCNC(=O)Cn2nc(C(F)(F)F)c([N+](=O)[O-])c2C)c(C)c1Br. The number of halogens is 4. The molecule has 0 aliphatic carbocycles. The zero-order valence-electron chi connectivity index (χ0n) is 15.3. The smallest absolute Gasteiger partial charge is 0.354 e. The Labute approximate surface area is 166 Å². The van der Waals surface area contributed by atoms with Crippen molar-refractivity contribution in [2.75, 3.05) is 6.54 Å². The molecule has 0 bridgehead atoms.